The van der Waals surface area contributed by atoms with Crippen molar-refractivity contribution in [3.8, 4) is 0 Å². The van der Waals surface area contributed by atoms with Crippen molar-refractivity contribution in [1.29, 1.82) is 0 Å². The van der Waals surface area contributed by atoms with Gasteiger partial charge < -0.3 is 0 Å². The standard InChI is InChI=1S/C6H11F/c1-3-4-6(2)5-7/h4H,3,5H2,1-2H3. The fraction of sp³-hybridized carbons (Fsp3) is 0.667. The van der Waals surface area contributed by atoms with Crippen LogP contribution in [-0.2, 0) is 0 Å². The molecule has 0 aliphatic rings. The highest BCUT2D eigenvalue weighted by Gasteiger charge is 1.80. The van der Waals surface area contributed by atoms with Crippen molar-refractivity contribution < 1.29 is 4.39 Å². The van der Waals surface area contributed by atoms with Crippen LogP contribution in [0.3, 0.4) is 0 Å². The van der Waals surface area contributed by atoms with Crippen LogP contribution < -0.4 is 0 Å². The van der Waals surface area contributed by atoms with E-state index in [-0.39, 0.29) is 6.67 Å². The van der Waals surface area contributed by atoms with Gasteiger partial charge in [0.2, 0.25) is 0 Å². The van der Waals surface area contributed by atoms with Crippen LogP contribution >= 0.6 is 0 Å². The van der Waals surface area contributed by atoms with Gasteiger partial charge in [0.1, 0.15) is 6.67 Å². The van der Waals surface area contributed by atoms with Crippen LogP contribution in [0.5, 0.6) is 0 Å². The summed E-state index contributed by atoms with van der Waals surface area (Å²) in [5.74, 6) is 0. The summed E-state index contributed by atoms with van der Waals surface area (Å²) in [7, 11) is 0. The first-order valence-electron chi connectivity index (χ1n) is 2.52. The second-order valence-corrected chi connectivity index (χ2v) is 1.59. The van der Waals surface area contributed by atoms with E-state index in [1.807, 2.05) is 13.0 Å². The maximum Gasteiger partial charge on any atom is 0.110 e. The van der Waals surface area contributed by atoms with Crippen LogP contribution in [0.15, 0.2) is 11.6 Å². The Labute approximate surface area is 44.0 Å². The Morgan fingerprint density at radius 2 is 2.29 bits per heavy atom. The van der Waals surface area contributed by atoms with Crippen molar-refractivity contribution in [1.82, 2.24) is 0 Å². The van der Waals surface area contributed by atoms with E-state index in [0.717, 1.165) is 12.0 Å². The SMILES string of the molecule is CCC=C(C)CF. The van der Waals surface area contributed by atoms with Gasteiger partial charge in [-0.1, -0.05) is 13.0 Å². The third kappa shape index (κ3) is 3.50. The Kier molecular flexibility index (Phi) is 3.67. The average molecular weight is 102 g/mol. The summed E-state index contributed by atoms with van der Waals surface area (Å²) >= 11 is 0. The zero-order valence-electron chi connectivity index (χ0n) is 4.87. The molecule has 0 saturated carbocycles. The molecule has 0 aromatic heterocycles. The van der Waals surface area contributed by atoms with E-state index in [1.54, 1.807) is 6.92 Å². The summed E-state index contributed by atoms with van der Waals surface area (Å²) in [4.78, 5) is 0. The van der Waals surface area contributed by atoms with Gasteiger partial charge in [-0.05, 0) is 18.9 Å². The van der Waals surface area contributed by atoms with Crippen molar-refractivity contribution in [3.63, 3.8) is 0 Å². The summed E-state index contributed by atoms with van der Waals surface area (Å²) in [6.07, 6.45) is 2.83. The van der Waals surface area contributed by atoms with Crippen LogP contribution in [0.1, 0.15) is 20.3 Å². The van der Waals surface area contributed by atoms with E-state index in [2.05, 4.69) is 0 Å². The third-order valence-electron chi connectivity index (χ3n) is 0.763. The van der Waals surface area contributed by atoms with Crippen LogP contribution in [0.2, 0.25) is 0 Å². The van der Waals surface area contributed by atoms with Gasteiger partial charge in [-0.2, -0.15) is 0 Å². The Hall–Kier alpha value is -0.330. The fourth-order valence-electron chi connectivity index (χ4n) is 0.403. The second kappa shape index (κ2) is 3.85. The fourth-order valence-corrected chi connectivity index (χ4v) is 0.403. The average Bonchev–Trinajstić information content (AvgIpc) is 1.68. The number of halogens is 1. The molecule has 0 spiro atoms. The van der Waals surface area contributed by atoms with Crippen molar-refractivity contribution in [2.75, 3.05) is 6.67 Å². The van der Waals surface area contributed by atoms with Gasteiger partial charge in [0, 0.05) is 0 Å². The molecule has 0 aliphatic heterocycles. The molecule has 0 N–H and O–H groups in total. The lowest BCUT2D eigenvalue weighted by atomic mass is 10.3. The third-order valence-corrected chi connectivity index (χ3v) is 0.763. The minimum Gasteiger partial charge on any atom is -0.246 e. The van der Waals surface area contributed by atoms with Gasteiger partial charge in [0.15, 0.2) is 0 Å². The number of alkyl halides is 1. The van der Waals surface area contributed by atoms with Gasteiger partial charge in [-0.3, -0.25) is 0 Å². The molecule has 0 saturated heterocycles. The molecule has 0 radical (unpaired) electrons. The molecule has 0 fully saturated rings. The highest BCUT2D eigenvalue weighted by Crippen LogP contribution is 1.93. The summed E-state index contributed by atoms with van der Waals surface area (Å²) in [5.41, 5.74) is 0.836. The zero-order valence-corrected chi connectivity index (χ0v) is 4.87. The van der Waals surface area contributed by atoms with E-state index in [1.165, 1.54) is 0 Å². The lowest BCUT2D eigenvalue weighted by Gasteiger charge is -1.85. The minimum atomic E-state index is -0.298. The predicted octanol–water partition coefficient (Wildman–Crippen LogP) is 2.31. The lowest BCUT2D eigenvalue weighted by Crippen LogP contribution is -1.74. The van der Waals surface area contributed by atoms with Crippen LogP contribution in [0, 0.1) is 0 Å². The van der Waals surface area contributed by atoms with Crippen LogP contribution in [0.25, 0.3) is 0 Å². The lowest BCUT2D eigenvalue weighted by molar-refractivity contribution is 0.542. The normalized spacial score (nSPS) is 12.1. The van der Waals surface area contributed by atoms with Crippen molar-refractivity contribution >= 4 is 0 Å². The van der Waals surface area contributed by atoms with Gasteiger partial charge in [0.05, 0.1) is 0 Å². The summed E-state index contributed by atoms with van der Waals surface area (Å²) in [6, 6.07) is 0. The van der Waals surface area contributed by atoms with E-state index in [4.69, 9.17) is 0 Å². The highest BCUT2D eigenvalue weighted by molar-refractivity contribution is 4.96. The number of hydrogen-bond donors (Lipinski definition) is 0. The van der Waals surface area contributed by atoms with E-state index in [0.29, 0.717) is 0 Å². The molecule has 0 heterocycles. The summed E-state index contributed by atoms with van der Waals surface area (Å²) in [6.45, 7) is 3.50. The first-order chi connectivity index (χ1) is 3.31. The molecule has 7 heavy (non-hydrogen) atoms. The number of allylic oxidation sites excluding steroid dienone is 2. The molecule has 0 atom stereocenters. The van der Waals surface area contributed by atoms with Crippen LogP contribution in [0.4, 0.5) is 4.39 Å². The molecule has 0 bridgehead atoms. The van der Waals surface area contributed by atoms with E-state index >= 15 is 0 Å². The molecule has 0 nitrogen and oxygen atoms in total. The zero-order chi connectivity index (χ0) is 5.70. The molecule has 0 aromatic carbocycles. The molecule has 0 rings (SSSR count). The van der Waals surface area contributed by atoms with Crippen molar-refractivity contribution in [2.24, 2.45) is 0 Å². The molecule has 0 amide bonds. The summed E-state index contributed by atoms with van der Waals surface area (Å²) in [5, 5.41) is 0. The van der Waals surface area contributed by atoms with E-state index < -0.39 is 0 Å². The van der Waals surface area contributed by atoms with Gasteiger partial charge in [0.25, 0.3) is 0 Å². The Morgan fingerprint density at radius 3 is 2.43 bits per heavy atom. The van der Waals surface area contributed by atoms with Gasteiger partial charge >= 0.3 is 0 Å². The van der Waals surface area contributed by atoms with E-state index in [9.17, 15) is 4.39 Å². The van der Waals surface area contributed by atoms with Crippen LogP contribution in [-0.4, -0.2) is 6.67 Å². The quantitative estimate of drug-likeness (QED) is 0.469. The molecular formula is C6H11F. The number of rotatable bonds is 2. The molecule has 1 heteroatoms. The molecule has 0 aliphatic carbocycles. The Balaban J connectivity index is 3.29. The Morgan fingerprint density at radius 1 is 1.71 bits per heavy atom. The second-order valence-electron chi connectivity index (χ2n) is 1.59. The minimum absolute atomic E-state index is 0.298. The maximum absolute atomic E-state index is 11.5. The molecule has 0 aromatic rings. The van der Waals surface area contributed by atoms with Gasteiger partial charge in [-0.25, -0.2) is 4.39 Å². The summed E-state index contributed by atoms with van der Waals surface area (Å²) < 4.78 is 11.5. The van der Waals surface area contributed by atoms with Crippen molar-refractivity contribution in [2.45, 2.75) is 20.3 Å². The predicted molar refractivity (Wildman–Crippen MR) is 30.0 cm³/mol. The maximum atomic E-state index is 11.5. The molecular weight excluding hydrogens is 91.1 g/mol. The monoisotopic (exact) mass is 102 g/mol. The number of hydrogen-bond acceptors (Lipinski definition) is 0. The first-order valence-corrected chi connectivity index (χ1v) is 2.52. The smallest absolute Gasteiger partial charge is 0.110 e. The van der Waals surface area contributed by atoms with Crippen molar-refractivity contribution in [3.05, 3.63) is 11.6 Å². The largest absolute Gasteiger partial charge is 0.246 e. The molecule has 0 unspecified atom stereocenters. The first kappa shape index (κ1) is 6.67. The molecule has 42 valence electrons. The Bertz CT molecular complexity index is 64.6. The highest BCUT2D eigenvalue weighted by atomic mass is 19.1. The van der Waals surface area contributed by atoms with Gasteiger partial charge in [-0.15, -0.1) is 0 Å². The topological polar surface area (TPSA) is 0 Å².